The first-order chi connectivity index (χ1) is 4.93. The fourth-order valence-electron chi connectivity index (χ4n) is 0.366. The Bertz CT molecular complexity index is 225. The summed E-state index contributed by atoms with van der Waals surface area (Å²) in [7, 11) is 0. The Labute approximate surface area is 56.9 Å². The summed E-state index contributed by atoms with van der Waals surface area (Å²) in [5, 5.41) is 8.00. The molecule has 0 aliphatic carbocycles. The predicted molar refractivity (Wildman–Crippen MR) is 30.4 cm³/mol. The highest BCUT2D eigenvalue weighted by molar-refractivity contribution is 5.06. The van der Waals surface area contributed by atoms with Crippen LogP contribution in [0.2, 0.25) is 0 Å². The molecule has 0 aliphatic rings. The third-order valence-electron chi connectivity index (χ3n) is 0.686. The van der Waals surface area contributed by atoms with Crippen LogP contribution in [0.4, 0.5) is 5.95 Å². The van der Waals surface area contributed by atoms with Gasteiger partial charge in [-0.2, -0.15) is 15.2 Å². The summed E-state index contributed by atoms with van der Waals surface area (Å²) in [5.74, 6) is 0.191. The van der Waals surface area contributed by atoms with Crippen LogP contribution in [0, 0.1) is 11.5 Å². The van der Waals surface area contributed by atoms with Crippen LogP contribution in [0.1, 0.15) is 0 Å². The summed E-state index contributed by atoms with van der Waals surface area (Å²) < 4.78 is 0. The molecule has 1 rings (SSSR count). The molecule has 0 saturated carbocycles. The maximum absolute atomic E-state index is 8.00. The molecule has 0 bridgehead atoms. The van der Waals surface area contributed by atoms with E-state index in [1.54, 1.807) is 6.19 Å². The van der Waals surface area contributed by atoms with E-state index in [2.05, 4.69) is 20.4 Å². The lowest BCUT2D eigenvalue weighted by Gasteiger charge is -1.91. The van der Waals surface area contributed by atoms with Crippen molar-refractivity contribution in [1.82, 2.24) is 25.8 Å². The van der Waals surface area contributed by atoms with E-state index in [-0.39, 0.29) is 5.95 Å². The molecule has 1 aromatic heterocycles. The molecule has 0 saturated heterocycles. The molecule has 10 heavy (non-hydrogen) atoms. The molecule has 0 amide bonds. The lowest BCUT2D eigenvalue weighted by atomic mass is 11.0. The van der Waals surface area contributed by atoms with Gasteiger partial charge in [0.2, 0.25) is 0 Å². The molecule has 0 spiro atoms. The van der Waals surface area contributed by atoms with E-state index in [4.69, 9.17) is 5.26 Å². The van der Waals surface area contributed by atoms with Crippen molar-refractivity contribution in [1.29, 1.82) is 5.26 Å². The van der Waals surface area contributed by atoms with Gasteiger partial charge in [0.15, 0.2) is 6.19 Å². The van der Waals surface area contributed by atoms with E-state index in [1.165, 1.54) is 12.7 Å². The van der Waals surface area contributed by atoms with Gasteiger partial charge in [-0.3, -0.25) is 0 Å². The van der Waals surface area contributed by atoms with Crippen LogP contribution in [0.3, 0.4) is 0 Å². The molecule has 0 aromatic carbocycles. The third-order valence-corrected chi connectivity index (χ3v) is 0.686. The fraction of sp³-hybridized carbons (Fsp3) is 0. The monoisotopic (exact) mass is 135 g/mol. The topological polar surface area (TPSA) is 88.6 Å². The zero-order valence-electron chi connectivity index (χ0n) is 4.89. The highest BCUT2D eigenvalue weighted by Crippen LogP contribution is 1.86. The molecule has 6 heteroatoms. The van der Waals surface area contributed by atoms with Crippen LogP contribution >= 0.6 is 0 Å². The number of nitriles is 1. The molecular formula is C4H3N6. The number of hydrogen-bond acceptors (Lipinski definition) is 5. The second-order valence-electron chi connectivity index (χ2n) is 1.27. The van der Waals surface area contributed by atoms with Crippen molar-refractivity contribution in [2.75, 3.05) is 0 Å². The van der Waals surface area contributed by atoms with Crippen LogP contribution < -0.4 is 10.9 Å². The number of hydrogen-bond donors (Lipinski definition) is 1. The average Bonchev–Trinajstić information content (AvgIpc) is 2.03. The van der Waals surface area contributed by atoms with Gasteiger partial charge < -0.3 is 0 Å². The zero-order valence-corrected chi connectivity index (χ0v) is 4.89. The minimum absolute atomic E-state index is 0.191. The van der Waals surface area contributed by atoms with Crippen molar-refractivity contribution in [3.05, 3.63) is 12.7 Å². The average molecular weight is 135 g/mol. The Morgan fingerprint density at radius 1 is 1.50 bits per heavy atom. The minimum Gasteiger partial charge on any atom is -0.225 e. The number of nitrogens with one attached hydrogen (secondary N) is 1. The third kappa shape index (κ3) is 1.56. The Kier molecular flexibility index (Phi) is 1.99. The Balaban J connectivity index is 2.52. The second-order valence-corrected chi connectivity index (χ2v) is 1.27. The van der Waals surface area contributed by atoms with E-state index in [1.807, 2.05) is 5.43 Å². The van der Waals surface area contributed by atoms with Gasteiger partial charge in [0, 0.05) is 0 Å². The van der Waals surface area contributed by atoms with Gasteiger partial charge in [0.05, 0.1) is 0 Å². The van der Waals surface area contributed by atoms with Gasteiger partial charge >= 0.3 is 0 Å². The number of nitrogens with zero attached hydrogens (tertiary/aromatic N) is 5. The molecule has 1 heterocycles. The van der Waals surface area contributed by atoms with Crippen LogP contribution in [-0.2, 0) is 0 Å². The standard InChI is InChI=1S/C4H3N6/c5-1-9-10-4-7-2-6-3-8-4/h2-3,9H. The summed E-state index contributed by atoms with van der Waals surface area (Å²) in [5.41, 5.74) is 5.49. The summed E-state index contributed by atoms with van der Waals surface area (Å²) in [6, 6.07) is 0. The molecule has 6 nitrogen and oxygen atoms in total. The van der Waals surface area contributed by atoms with Gasteiger partial charge in [0.1, 0.15) is 12.7 Å². The predicted octanol–water partition coefficient (Wildman–Crippen LogP) is -0.907. The molecule has 1 aromatic rings. The highest BCUT2D eigenvalue weighted by Gasteiger charge is 1.90. The largest absolute Gasteiger partial charge is 0.270 e. The first-order valence-corrected chi connectivity index (χ1v) is 2.40. The molecule has 0 aliphatic heterocycles. The van der Waals surface area contributed by atoms with E-state index in [0.29, 0.717) is 0 Å². The van der Waals surface area contributed by atoms with Crippen molar-refractivity contribution in [3.63, 3.8) is 0 Å². The van der Waals surface area contributed by atoms with Gasteiger partial charge in [-0.25, -0.2) is 10.4 Å². The van der Waals surface area contributed by atoms with E-state index < -0.39 is 0 Å². The normalized spacial score (nSPS) is 7.90. The molecule has 1 radical (unpaired) electrons. The SMILES string of the molecule is N#CN[N]c1ncncn1. The highest BCUT2D eigenvalue weighted by atomic mass is 15.4. The quantitative estimate of drug-likeness (QED) is 0.322. The van der Waals surface area contributed by atoms with E-state index in [9.17, 15) is 0 Å². The lowest BCUT2D eigenvalue weighted by Crippen LogP contribution is -2.15. The first kappa shape index (κ1) is 6.22. The molecule has 0 unspecified atom stereocenters. The first-order valence-electron chi connectivity index (χ1n) is 2.40. The number of rotatable bonds is 2. The minimum atomic E-state index is 0.191. The van der Waals surface area contributed by atoms with Crippen molar-refractivity contribution in [3.8, 4) is 6.19 Å². The van der Waals surface area contributed by atoms with Gasteiger partial charge in [-0.05, 0) is 0 Å². The van der Waals surface area contributed by atoms with Crippen molar-refractivity contribution in [2.24, 2.45) is 0 Å². The lowest BCUT2D eigenvalue weighted by molar-refractivity contribution is 0.735. The maximum Gasteiger partial charge on any atom is 0.270 e. The van der Waals surface area contributed by atoms with Gasteiger partial charge in [-0.1, -0.05) is 0 Å². The Morgan fingerprint density at radius 2 is 2.20 bits per heavy atom. The smallest absolute Gasteiger partial charge is 0.225 e. The maximum atomic E-state index is 8.00. The van der Waals surface area contributed by atoms with Crippen molar-refractivity contribution < 1.29 is 0 Å². The summed E-state index contributed by atoms with van der Waals surface area (Å²) in [6.07, 6.45) is 4.19. The van der Waals surface area contributed by atoms with Crippen LogP contribution in [-0.4, -0.2) is 15.0 Å². The molecule has 0 fully saturated rings. The summed E-state index contributed by atoms with van der Waals surface area (Å²) >= 11 is 0. The molecule has 0 atom stereocenters. The van der Waals surface area contributed by atoms with Gasteiger partial charge in [-0.15, -0.1) is 5.43 Å². The molecule has 49 valence electrons. The van der Waals surface area contributed by atoms with Crippen LogP contribution in [0.15, 0.2) is 12.7 Å². The van der Waals surface area contributed by atoms with Crippen LogP contribution in [0.25, 0.3) is 0 Å². The fourth-order valence-corrected chi connectivity index (χ4v) is 0.366. The molecular weight excluding hydrogens is 132 g/mol. The summed E-state index contributed by atoms with van der Waals surface area (Å²) in [6.45, 7) is 0. The van der Waals surface area contributed by atoms with Crippen molar-refractivity contribution >= 4 is 5.95 Å². The zero-order chi connectivity index (χ0) is 7.23. The second kappa shape index (κ2) is 3.19. The van der Waals surface area contributed by atoms with Crippen molar-refractivity contribution in [2.45, 2.75) is 0 Å². The van der Waals surface area contributed by atoms with Crippen LogP contribution in [0.5, 0.6) is 0 Å². The summed E-state index contributed by atoms with van der Waals surface area (Å²) in [4.78, 5) is 10.8. The van der Waals surface area contributed by atoms with E-state index in [0.717, 1.165) is 0 Å². The van der Waals surface area contributed by atoms with E-state index >= 15 is 0 Å². The Morgan fingerprint density at radius 3 is 2.80 bits per heavy atom. The Hall–Kier alpha value is -1.90. The molecule has 1 N–H and O–H groups in total. The van der Waals surface area contributed by atoms with Gasteiger partial charge in [0.25, 0.3) is 5.95 Å². The number of aromatic nitrogens is 3.